The number of nitrogens with one attached hydrogen (secondary N) is 1. The first-order valence-corrected chi connectivity index (χ1v) is 8.63. The Hall–Kier alpha value is -1.23. The van der Waals surface area contributed by atoms with Crippen LogP contribution in [0.5, 0.6) is 0 Å². The second-order valence-corrected chi connectivity index (χ2v) is 7.00. The van der Waals surface area contributed by atoms with E-state index >= 15 is 0 Å². The van der Waals surface area contributed by atoms with Gasteiger partial charge in [0.1, 0.15) is 5.82 Å². The molecule has 2 heterocycles. The Morgan fingerprint density at radius 3 is 3.05 bits per heavy atom. The molecule has 21 heavy (non-hydrogen) atoms. The van der Waals surface area contributed by atoms with Crippen LogP contribution in [-0.2, 0) is 0 Å². The van der Waals surface area contributed by atoms with Crippen molar-refractivity contribution in [1.29, 1.82) is 0 Å². The molecular weight excluding hydrogens is 287 g/mol. The summed E-state index contributed by atoms with van der Waals surface area (Å²) in [6.07, 6.45) is 4.19. The van der Waals surface area contributed by atoms with Crippen molar-refractivity contribution in [3.8, 4) is 0 Å². The molecular formula is C16H21FN2OS. The maximum Gasteiger partial charge on any atom is 0.318 e. The van der Waals surface area contributed by atoms with Crippen molar-refractivity contribution in [2.75, 3.05) is 12.3 Å². The minimum atomic E-state index is -0.234. The lowest BCUT2D eigenvalue weighted by Gasteiger charge is -2.35. The van der Waals surface area contributed by atoms with E-state index in [0.717, 1.165) is 42.0 Å². The molecule has 2 unspecified atom stereocenters. The lowest BCUT2D eigenvalue weighted by atomic mass is 10.0. The van der Waals surface area contributed by atoms with Crippen molar-refractivity contribution < 1.29 is 9.18 Å². The zero-order chi connectivity index (χ0) is 14.8. The Morgan fingerprint density at radius 2 is 2.24 bits per heavy atom. The molecule has 1 fully saturated rings. The molecule has 1 aromatic rings. The van der Waals surface area contributed by atoms with Crippen LogP contribution < -0.4 is 5.32 Å². The lowest BCUT2D eigenvalue weighted by molar-refractivity contribution is 0.154. The summed E-state index contributed by atoms with van der Waals surface area (Å²) in [6.45, 7) is 2.92. The number of fused-ring (bicyclic) bond motifs is 1. The van der Waals surface area contributed by atoms with E-state index in [-0.39, 0.29) is 17.9 Å². The van der Waals surface area contributed by atoms with Crippen LogP contribution in [0.3, 0.4) is 0 Å². The number of carbonyl (C=O) groups excluding carboxylic acids is 1. The molecule has 2 amide bonds. The smallest absolute Gasteiger partial charge is 0.318 e. The summed E-state index contributed by atoms with van der Waals surface area (Å²) in [5.41, 5.74) is 0.921. The topological polar surface area (TPSA) is 32.3 Å². The summed E-state index contributed by atoms with van der Waals surface area (Å²) in [6, 6.07) is 5.09. The first-order valence-electron chi connectivity index (χ1n) is 7.64. The van der Waals surface area contributed by atoms with Crippen molar-refractivity contribution in [3.05, 3.63) is 29.6 Å². The molecule has 0 bridgehead atoms. The van der Waals surface area contributed by atoms with Crippen molar-refractivity contribution in [3.63, 3.8) is 0 Å². The number of nitrogens with zero attached hydrogens (tertiary/aromatic N) is 1. The zero-order valence-electron chi connectivity index (χ0n) is 12.3. The Balaban J connectivity index is 1.74. The van der Waals surface area contributed by atoms with Gasteiger partial charge < -0.3 is 10.2 Å². The van der Waals surface area contributed by atoms with Gasteiger partial charge in [0.25, 0.3) is 0 Å². The van der Waals surface area contributed by atoms with Gasteiger partial charge in [-0.1, -0.05) is 0 Å². The number of hydrogen-bond donors (Lipinski definition) is 1. The summed E-state index contributed by atoms with van der Waals surface area (Å²) in [4.78, 5) is 15.5. The molecule has 1 N–H and O–H groups in total. The van der Waals surface area contributed by atoms with Crippen LogP contribution in [0.4, 0.5) is 9.18 Å². The largest absolute Gasteiger partial charge is 0.331 e. The molecule has 0 spiro atoms. The highest BCUT2D eigenvalue weighted by Gasteiger charge is 2.28. The molecule has 114 valence electrons. The van der Waals surface area contributed by atoms with Gasteiger partial charge in [-0.05, 0) is 56.4 Å². The normalized spacial score (nSPS) is 25.3. The second-order valence-electron chi connectivity index (χ2n) is 5.86. The van der Waals surface area contributed by atoms with E-state index in [9.17, 15) is 9.18 Å². The third kappa shape index (κ3) is 3.18. The molecule has 2 aliphatic rings. The van der Waals surface area contributed by atoms with E-state index in [2.05, 4.69) is 12.2 Å². The van der Waals surface area contributed by atoms with Gasteiger partial charge in [0.2, 0.25) is 0 Å². The summed E-state index contributed by atoms with van der Waals surface area (Å²) in [5.74, 6) is 0.723. The van der Waals surface area contributed by atoms with Gasteiger partial charge in [-0.3, -0.25) is 0 Å². The second kappa shape index (κ2) is 6.26. The molecule has 3 nitrogen and oxygen atoms in total. The Morgan fingerprint density at radius 1 is 1.38 bits per heavy atom. The average molecular weight is 308 g/mol. The van der Waals surface area contributed by atoms with Crippen LogP contribution in [0.15, 0.2) is 23.1 Å². The maximum absolute atomic E-state index is 13.5. The van der Waals surface area contributed by atoms with Crippen LogP contribution in [0, 0.1) is 5.82 Å². The van der Waals surface area contributed by atoms with E-state index in [1.807, 2.05) is 11.0 Å². The van der Waals surface area contributed by atoms with Gasteiger partial charge in [-0.15, -0.1) is 11.8 Å². The first-order chi connectivity index (χ1) is 10.1. The standard InChI is InChI=1S/C16H21FN2OS/c1-11-4-2-3-8-19(11)16(20)18-14-7-9-21-15-6-5-12(17)10-13(14)15/h5-6,10-11,14H,2-4,7-9H2,1H3,(H,18,20). The van der Waals surface area contributed by atoms with Gasteiger partial charge in [-0.2, -0.15) is 0 Å². The van der Waals surface area contributed by atoms with Gasteiger partial charge in [0, 0.05) is 23.2 Å². The number of urea groups is 1. The third-order valence-corrected chi connectivity index (χ3v) is 5.50. The highest BCUT2D eigenvalue weighted by molar-refractivity contribution is 7.99. The number of piperidine rings is 1. The van der Waals surface area contributed by atoms with Gasteiger partial charge in [-0.25, -0.2) is 9.18 Å². The van der Waals surface area contributed by atoms with Crippen LogP contribution in [-0.4, -0.2) is 29.3 Å². The molecule has 0 radical (unpaired) electrons. The number of amides is 2. The van der Waals surface area contributed by atoms with Crippen LogP contribution in [0.25, 0.3) is 0 Å². The van der Waals surface area contributed by atoms with Crippen LogP contribution in [0.1, 0.15) is 44.2 Å². The minimum Gasteiger partial charge on any atom is -0.331 e. The number of hydrogen-bond acceptors (Lipinski definition) is 2. The fraction of sp³-hybridized carbons (Fsp3) is 0.562. The molecule has 1 saturated heterocycles. The molecule has 3 rings (SSSR count). The zero-order valence-corrected chi connectivity index (χ0v) is 13.1. The Bertz CT molecular complexity index is 537. The minimum absolute atomic E-state index is 0.00527. The molecule has 0 aromatic heterocycles. The molecule has 0 aliphatic carbocycles. The Kier molecular flexibility index (Phi) is 4.38. The predicted molar refractivity (Wildman–Crippen MR) is 83.0 cm³/mol. The molecule has 5 heteroatoms. The highest BCUT2D eigenvalue weighted by Crippen LogP contribution is 2.36. The van der Waals surface area contributed by atoms with Crippen molar-refractivity contribution in [1.82, 2.24) is 10.2 Å². The number of benzene rings is 1. The predicted octanol–water partition coefficient (Wildman–Crippen LogP) is 3.95. The van der Waals surface area contributed by atoms with Crippen LogP contribution in [0.2, 0.25) is 0 Å². The number of carbonyl (C=O) groups is 1. The summed E-state index contributed by atoms with van der Waals surface area (Å²) in [7, 11) is 0. The number of rotatable bonds is 1. The number of thioether (sulfide) groups is 1. The molecule has 0 saturated carbocycles. The molecule has 2 aliphatic heterocycles. The van der Waals surface area contributed by atoms with Crippen molar-refractivity contribution in [2.45, 2.75) is 49.6 Å². The summed E-state index contributed by atoms with van der Waals surface area (Å²) >= 11 is 1.73. The summed E-state index contributed by atoms with van der Waals surface area (Å²) < 4.78 is 13.5. The SMILES string of the molecule is CC1CCCCN1C(=O)NC1CCSc2ccc(F)cc21. The van der Waals surface area contributed by atoms with Crippen molar-refractivity contribution >= 4 is 17.8 Å². The fourth-order valence-corrected chi connectivity index (χ4v) is 4.25. The lowest BCUT2D eigenvalue weighted by Crippen LogP contribution is -2.48. The van der Waals surface area contributed by atoms with Gasteiger partial charge in [0.15, 0.2) is 0 Å². The van der Waals surface area contributed by atoms with Gasteiger partial charge in [0.05, 0.1) is 6.04 Å². The third-order valence-electron chi connectivity index (χ3n) is 4.37. The maximum atomic E-state index is 13.5. The summed E-state index contributed by atoms with van der Waals surface area (Å²) in [5, 5.41) is 3.11. The first kappa shape index (κ1) is 14.7. The molecule has 2 atom stereocenters. The monoisotopic (exact) mass is 308 g/mol. The Labute approximate surface area is 129 Å². The molecule has 1 aromatic carbocycles. The van der Waals surface area contributed by atoms with Gasteiger partial charge >= 0.3 is 6.03 Å². The average Bonchev–Trinajstić information content (AvgIpc) is 2.48. The van der Waals surface area contributed by atoms with E-state index in [4.69, 9.17) is 0 Å². The highest BCUT2D eigenvalue weighted by atomic mass is 32.2. The van der Waals surface area contributed by atoms with E-state index in [0.29, 0.717) is 6.04 Å². The number of likely N-dealkylation sites (tertiary alicyclic amines) is 1. The van der Waals surface area contributed by atoms with E-state index in [1.54, 1.807) is 17.8 Å². The van der Waals surface area contributed by atoms with E-state index in [1.165, 1.54) is 12.5 Å². The van der Waals surface area contributed by atoms with E-state index < -0.39 is 0 Å². The fourth-order valence-electron chi connectivity index (χ4n) is 3.15. The number of halogens is 1. The van der Waals surface area contributed by atoms with Crippen LogP contribution >= 0.6 is 11.8 Å². The van der Waals surface area contributed by atoms with Crippen molar-refractivity contribution in [2.24, 2.45) is 0 Å². The quantitative estimate of drug-likeness (QED) is 0.852.